The highest BCUT2D eigenvalue weighted by atomic mass is 16.3. The van der Waals surface area contributed by atoms with Crippen LogP contribution in [0.4, 0.5) is 0 Å². The molecule has 0 bridgehead atoms. The van der Waals surface area contributed by atoms with Crippen molar-refractivity contribution in [3.8, 4) is 0 Å². The molecule has 0 aliphatic carbocycles. The Hall–Kier alpha value is -0.900. The molecule has 0 saturated carbocycles. The van der Waals surface area contributed by atoms with Crippen molar-refractivity contribution in [2.75, 3.05) is 13.2 Å². The number of hydrogen-bond donors (Lipinski definition) is 3. The second-order valence-corrected chi connectivity index (χ2v) is 3.34. The van der Waals surface area contributed by atoms with Gasteiger partial charge in [-0.05, 0) is 12.0 Å². The molecular formula is C10H15NO2. The van der Waals surface area contributed by atoms with Crippen LogP contribution in [-0.2, 0) is 6.42 Å². The van der Waals surface area contributed by atoms with Gasteiger partial charge >= 0.3 is 0 Å². The molecule has 13 heavy (non-hydrogen) atoms. The highest BCUT2D eigenvalue weighted by Gasteiger charge is 2.22. The maximum Gasteiger partial charge on any atom is 0.0663 e. The molecule has 0 atom stereocenters. The Bertz CT molecular complexity index is 244. The van der Waals surface area contributed by atoms with E-state index in [9.17, 15) is 0 Å². The van der Waals surface area contributed by atoms with E-state index in [1.807, 2.05) is 30.3 Å². The summed E-state index contributed by atoms with van der Waals surface area (Å²) in [7, 11) is 0. The van der Waals surface area contributed by atoms with Gasteiger partial charge in [-0.15, -0.1) is 0 Å². The van der Waals surface area contributed by atoms with Gasteiger partial charge in [0.1, 0.15) is 0 Å². The highest BCUT2D eigenvalue weighted by Crippen LogP contribution is 2.09. The van der Waals surface area contributed by atoms with Gasteiger partial charge < -0.3 is 15.9 Å². The monoisotopic (exact) mass is 181 g/mol. The van der Waals surface area contributed by atoms with Crippen LogP contribution in [0.2, 0.25) is 0 Å². The normalized spacial score (nSPS) is 11.6. The summed E-state index contributed by atoms with van der Waals surface area (Å²) in [6, 6.07) is 9.58. The first kappa shape index (κ1) is 10.2. The van der Waals surface area contributed by atoms with Crippen molar-refractivity contribution >= 4 is 0 Å². The molecule has 0 unspecified atom stereocenters. The van der Waals surface area contributed by atoms with E-state index in [0.29, 0.717) is 6.42 Å². The average Bonchev–Trinajstić information content (AvgIpc) is 2.19. The molecule has 0 aliphatic rings. The summed E-state index contributed by atoms with van der Waals surface area (Å²) < 4.78 is 0. The topological polar surface area (TPSA) is 66.5 Å². The van der Waals surface area contributed by atoms with Gasteiger partial charge in [-0.25, -0.2) is 0 Å². The Kier molecular flexibility index (Phi) is 3.42. The lowest BCUT2D eigenvalue weighted by Crippen LogP contribution is -2.49. The molecule has 0 radical (unpaired) electrons. The molecular weight excluding hydrogens is 166 g/mol. The lowest BCUT2D eigenvalue weighted by Gasteiger charge is -2.24. The summed E-state index contributed by atoms with van der Waals surface area (Å²) in [5, 5.41) is 17.9. The van der Waals surface area contributed by atoms with Crippen LogP contribution in [0.3, 0.4) is 0 Å². The molecule has 3 heteroatoms. The molecule has 0 amide bonds. The number of nitrogens with two attached hydrogens (primary N) is 1. The molecule has 0 spiro atoms. The molecule has 3 nitrogen and oxygen atoms in total. The maximum absolute atomic E-state index is 8.96. The average molecular weight is 181 g/mol. The summed E-state index contributed by atoms with van der Waals surface area (Å²) in [5.41, 5.74) is 5.85. The van der Waals surface area contributed by atoms with Gasteiger partial charge in [-0.2, -0.15) is 0 Å². The second-order valence-electron chi connectivity index (χ2n) is 3.34. The van der Waals surface area contributed by atoms with E-state index in [1.165, 1.54) is 0 Å². The minimum absolute atomic E-state index is 0.210. The van der Waals surface area contributed by atoms with Crippen molar-refractivity contribution in [1.29, 1.82) is 0 Å². The Labute approximate surface area is 77.8 Å². The van der Waals surface area contributed by atoms with Gasteiger partial charge in [0.15, 0.2) is 0 Å². The molecule has 0 aliphatic heterocycles. The first-order valence-electron chi connectivity index (χ1n) is 4.25. The number of benzene rings is 1. The quantitative estimate of drug-likeness (QED) is 0.608. The molecule has 72 valence electrons. The van der Waals surface area contributed by atoms with Crippen molar-refractivity contribution in [3.05, 3.63) is 35.9 Å². The zero-order valence-corrected chi connectivity index (χ0v) is 7.48. The van der Waals surface area contributed by atoms with E-state index in [2.05, 4.69) is 0 Å². The molecule has 1 aromatic rings. The zero-order chi connectivity index (χ0) is 9.73. The first-order valence-corrected chi connectivity index (χ1v) is 4.25. The third-order valence-corrected chi connectivity index (χ3v) is 2.03. The van der Waals surface area contributed by atoms with E-state index in [1.54, 1.807) is 0 Å². The van der Waals surface area contributed by atoms with Crippen LogP contribution in [0, 0.1) is 0 Å². The predicted molar refractivity (Wildman–Crippen MR) is 51.2 cm³/mol. The number of rotatable bonds is 4. The first-order chi connectivity index (χ1) is 6.20. The smallest absolute Gasteiger partial charge is 0.0663 e. The summed E-state index contributed by atoms with van der Waals surface area (Å²) in [6.45, 7) is -0.420. The number of aliphatic hydroxyl groups is 2. The second kappa shape index (κ2) is 4.37. The van der Waals surface area contributed by atoms with E-state index < -0.39 is 5.54 Å². The third kappa shape index (κ3) is 2.81. The molecule has 0 aromatic heterocycles. The predicted octanol–water partition coefficient (Wildman–Crippen LogP) is -0.0888. The van der Waals surface area contributed by atoms with Gasteiger partial charge in [-0.1, -0.05) is 30.3 Å². The van der Waals surface area contributed by atoms with E-state index in [4.69, 9.17) is 15.9 Å². The fourth-order valence-electron chi connectivity index (χ4n) is 1.16. The minimum Gasteiger partial charge on any atom is -0.394 e. The van der Waals surface area contributed by atoms with Crippen molar-refractivity contribution in [2.45, 2.75) is 12.0 Å². The standard InChI is InChI=1S/C10H15NO2/c11-10(7-12,8-13)6-9-4-2-1-3-5-9/h1-5,12-13H,6-8,11H2. The van der Waals surface area contributed by atoms with Crippen molar-refractivity contribution in [1.82, 2.24) is 0 Å². The SMILES string of the molecule is NC(CO)(CO)Cc1ccccc1. The van der Waals surface area contributed by atoms with E-state index >= 15 is 0 Å². The third-order valence-electron chi connectivity index (χ3n) is 2.03. The largest absolute Gasteiger partial charge is 0.394 e. The zero-order valence-electron chi connectivity index (χ0n) is 7.48. The van der Waals surface area contributed by atoms with Gasteiger partial charge in [0.2, 0.25) is 0 Å². The van der Waals surface area contributed by atoms with Crippen LogP contribution in [0.5, 0.6) is 0 Å². The number of hydrogen-bond acceptors (Lipinski definition) is 3. The van der Waals surface area contributed by atoms with Gasteiger partial charge in [0.05, 0.1) is 18.8 Å². The Morgan fingerprint density at radius 2 is 1.62 bits per heavy atom. The summed E-state index contributed by atoms with van der Waals surface area (Å²) in [4.78, 5) is 0. The van der Waals surface area contributed by atoms with Crippen LogP contribution in [-0.4, -0.2) is 29.0 Å². The van der Waals surface area contributed by atoms with Crippen LogP contribution >= 0.6 is 0 Å². The minimum atomic E-state index is -0.901. The lowest BCUT2D eigenvalue weighted by molar-refractivity contribution is 0.121. The van der Waals surface area contributed by atoms with Crippen molar-refractivity contribution in [3.63, 3.8) is 0 Å². The molecule has 4 N–H and O–H groups in total. The van der Waals surface area contributed by atoms with Crippen LogP contribution in [0.25, 0.3) is 0 Å². The van der Waals surface area contributed by atoms with Gasteiger partial charge in [0, 0.05) is 0 Å². The summed E-state index contributed by atoms with van der Waals surface area (Å²) in [6.07, 6.45) is 0.487. The molecule has 0 fully saturated rings. The summed E-state index contributed by atoms with van der Waals surface area (Å²) >= 11 is 0. The highest BCUT2D eigenvalue weighted by molar-refractivity contribution is 5.17. The fourth-order valence-corrected chi connectivity index (χ4v) is 1.16. The molecule has 1 aromatic carbocycles. The molecule has 0 saturated heterocycles. The van der Waals surface area contributed by atoms with Gasteiger partial charge in [0.25, 0.3) is 0 Å². The number of aliphatic hydroxyl groups excluding tert-OH is 2. The van der Waals surface area contributed by atoms with E-state index in [0.717, 1.165) is 5.56 Å². The van der Waals surface area contributed by atoms with Crippen LogP contribution < -0.4 is 5.73 Å². The van der Waals surface area contributed by atoms with Crippen LogP contribution in [0.15, 0.2) is 30.3 Å². The van der Waals surface area contributed by atoms with Crippen molar-refractivity contribution < 1.29 is 10.2 Å². The summed E-state index contributed by atoms with van der Waals surface area (Å²) in [5.74, 6) is 0. The molecule has 0 heterocycles. The lowest BCUT2D eigenvalue weighted by atomic mass is 9.94. The maximum atomic E-state index is 8.96. The van der Waals surface area contributed by atoms with Crippen LogP contribution in [0.1, 0.15) is 5.56 Å². The Morgan fingerprint density at radius 1 is 1.08 bits per heavy atom. The van der Waals surface area contributed by atoms with E-state index in [-0.39, 0.29) is 13.2 Å². The fraction of sp³-hybridized carbons (Fsp3) is 0.400. The Morgan fingerprint density at radius 3 is 2.08 bits per heavy atom. The van der Waals surface area contributed by atoms with Crippen molar-refractivity contribution in [2.24, 2.45) is 5.73 Å². The Balaban J connectivity index is 2.68. The molecule has 1 rings (SSSR count). The van der Waals surface area contributed by atoms with Gasteiger partial charge in [-0.3, -0.25) is 0 Å².